The topological polar surface area (TPSA) is 84.3 Å². The molecule has 9 nitrogen and oxygen atoms in total. The van der Waals surface area contributed by atoms with E-state index in [4.69, 9.17) is 24.3 Å². The van der Waals surface area contributed by atoms with E-state index in [1.807, 2.05) is 85.0 Å². The minimum Gasteiger partial charge on any atom is -0.493 e. The summed E-state index contributed by atoms with van der Waals surface area (Å²) in [5.41, 5.74) is 4.31. The number of hydrogen-bond donors (Lipinski definition) is 0. The molecule has 0 saturated carbocycles. The number of hydrogen-bond acceptors (Lipinski definition) is 8. The van der Waals surface area contributed by atoms with Crippen molar-refractivity contribution in [2.45, 2.75) is 13.8 Å². The molecule has 0 spiro atoms. The first-order valence-electron chi connectivity index (χ1n) is 12.4. The van der Waals surface area contributed by atoms with Crippen LogP contribution in [0.4, 0.5) is 5.69 Å². The molecule has 0 fully saturated rings. The zero-order chi connectivity index (χ0) is 28.4. The van der Waals surface area contributed by atoms with Crippen LogP contribution >= 0.6 is 22.7 Å². The summed E-state index contributed by atoms with van der Waals surface area (Å²) >= 11 is 2.99. The molecule has 0 atom stereocenters. The van der Waals surface area contributed by atoms with Crippen LogP contribution in [0.3, 0.4) is 0 Å². The molecule has 0 N–H and O–H groups in total. The lowest BCUT2D eigenvalue weighted by molar-refractivity contribution is 0.324. The predicted octanol–water partition coefficient (Wildman–Crippen LogP) is 5.52. The maximum atomic E-state index is 13.6. The molecule has 0 unspecified atom stereocenters. The SMILES string of the molecule is COc1cc(-c2csc(=Nc3c(C)n(C)n(-c4ccccc4)c3=O)n2N=Cc2sccc2C)cc(OC)c1OC. The second-order valence-corrected chi connectivity index (χ2v) is 10.6. The molecule has 206 valence electrons. The number of nitrogens with zero attached hydrogens (tertiary/aromatic N) is 5. The smallest absolute Gasteiger partial charge is 0.297 e. The van der Waals surface area contributed by atoms with Crippen molar-refractivity contribution in [3.8, 4) is 34.2 Å². The lowest BCUT2D eigenvalue weighted by Gasteiger charge is -2.14. The molecular weight excluding hydrogens is 546 g/mol. The Morgan fingerprint density at radius 2 is 1.62 bits per heavy atom. The van der Waals surface area contributed by atoms with Crippen molar-refractivity contribution in [1.82, 2.24) is 14.0 Å². The van der Waals surface area contributed by atoms with E-state index in [1.54, 1.807) is 42.0 Å². The number of thiazole rings is 1. The van der Waals surface area contributed by atoms with Crippen molar-refractivity contribution >= 4 is 34.6 Å². The van der Waals surface area contributed by atoms with Crippen molar-refractivity contribution in [2.24, 2.45) is 17.1 Å². The summed E-state index contributed by atoms with van der Waals surface area (Å²) in [7, 11) is 6.58. The van der Waals surface area contributed by atoms with Crippen LogP contribution in [0.15, 0.2) is 74.2 Å². The molecule has 11 heteroatoms. The highest BCUT2D eigenvalue weighted by Crippen LogP contribution is 2.41. The van der Waals surface area contributed by atoms with Gasteiger partial charge in [-0.2, -0.15) is 5.10 Å². The van der Waals surface area contributed by atoms with Gasteiger partial charge in [0.1, 0.15) is 0 Å². The van der Waals surface area contributed by atoms with Gasteiger partial charge in [0, 0.05) is 18.0 Å². The number of aromatic nitrogens is 3. The molecule has 3 aromatic heterocycles. The van der Waals surface area contributed by atoms with Crippen LogP contribution in [0.5, 0.6) is 17.2 Å². The van der Waals surface area contributed by atoms with Crippen LogP contribution in [0.1, 0.15) is 16.1 Å². The van der Waals surface area contributed by atoms with Gasteiger partial charge in [0.05, 0.1) is 49.5 Å². The summed E-state index contributed by atoms with van der Waals surface area (Å²) in [6.07, 6.45) is 1.81. The van der Waals surface area contributed by atoms with E-state index >= 15 is 0 Å². The van der Waals surface area contributed by atoms with Crippen LogP contribution in [-0.2, 0) is 7.05 Å². The maximum absolute atomic E-state index is 13.6. The lowest BCUT2D eigenvalue weighted by atomic mass is 10.1. The molecule has 0 aliphatic heterocycles. The van der Waals surface area contributed by atoms with E-state index < -0.39 is 0 Å². The first-order chi connectivity index (χ1) is 19.4. The number of aryl methyl sites for hydroxylation is 1. The van der Waals surface area contributed by atoms with E-state index in [0.717, 1.165) is 33.1 Å². The summed E-state index contributed by atoms with van der Waals surface area (Å²) in [4.78, 5) is 20.0. The summed E-state index contributed by atoms with van der Waals surface area (Å²) < 4.78 is 21.9. The molecule has 5 aromatic rings. The average molecular weight is 576 g/mol. The predicted molar refractivity (Wildman–Crippen MR) is 160 cm³/mol. The van der Waals surface area contributed by atoms with E-state index in [0.29, 0.717) is 27.7 Å². The number of para-hydroxylation sites is 1. The Hall–Kier alpha value is -4.35. The largest absolute Gasteiger partial charge is 0.493 e. The molecule has 40 heavy (non-hydrogen) atoms. The standard InChI is InChI=1S/C29H29N5O4S2/c1-18-12-13-39-25(18)16-30-33-22(20-14-23(36-4)27(38-6)24(15-20)37-5)17-40-29(33)31-26-19(2)32(3)34(28(26)35)21-10-8-7-9-11-21/h7-17H,1-6H3. The van der Waals surface area contributed by atoms with E-state index in [2.05, 4.69) is 6.07 Å². The van der Waals surface area contributed by atoms with Crippen molar-refractivity contribution in [3.63, 3.8) is 0 Å². The Morgan fingerprint density at radius 3 is 2.23 bits per heavy atom. The van der Waals surface area contributed by atoms with Crippen molar-refractivity contribution in [3.05, 3.63) is 90.6 Å². The van der Waals surface area contributed by atoms with Gasteiger partial charge in [0.15, 0.2) is 17.2 Å². The highest BCUT2D eigenvalue weighted by Gasteiger charge is 2.19. The minimum absolute atomic E-state index is 0.210. The Morgan fingerprint density at radius 1 is 0.925 bits per heavy atom. The van der Waals surface area contributed by atoms with Crippen LogP contribution < -0.4 is 24.6 Å². The van der Waals surface area contributed by atoms with Gasteiger partial charge in [-0.05, 0) is 55.1 Å². The Labute approximate surface area is 239 Å². The molecule has 0 amide bonds. The first-order valence-corrected chi connectivity index (χ1v) is 14.1. The number of rotatable bonds is 8. The van der Waals surface area contributed by atoms with E-state index in [1.165, 1.54) is 11.3 Å². The monoisotopic (exact) mass is 575 g/mol. The van der Waals surface area contributed by atoms with Gasteiger partial charge in [-0.3, -0.25) is 9.48 Å². The third-order valence-electron chi connectivity index (χ3n) is 6.57. The molecule has 0 aliphatic rings. The Balaban J connectivity index is 1.74. The second-order valence-electron chi connectivity index (χ2n) is 8.86. The third-order valence-corrected chi connectivity index (χ3v) is 8.34. The van der Waals surface area contributed by atoms with E-state index in [-0.39, 0.29) is 5.56 Å². The van der Waals surface area contributed by atoms with Crippen LogP contribution in [0, 0.1) is 13.8 Å². The minimum atomic E-state index is -0.210. The van der Waals surface area contributed by atoms with Gasteiger partial charge in [0.2, 0.25) is 10.6 Å². The molecular formula is C29H29N5O4S2. The van der Waals surface area contributed by atoms with E-state index in [9.17, 15) is 4.79 Å². The van der Waals surface area contributed by atoms with Gasteiger partial charge in [-0.25, -0.2) is 14.4 Å². The Kier molecular flexibility index (Phi) is 7.76. The average Bonchev–Trinajstić information content (AvgIpc) is 3.63. The number of methoxy groups -OCH3 is 3. The fourth-order valence-corrected chi connectivity index (χ4v) is 5.94. The van der Waals surface area contributed by atoms with Crippen LogP contribution in [0.25, 0.3) is 16.9 Å². The summed E-state index contributed by atoms with van der Waals surface area (Å²) in [5, 5.41) is 8.81. The fraction of sp³-hybridized carbons (Fsp3) is 0.207. The summed E-state index contributed by atoms with van der Waals surface area (Å²) in [5.74, 6) is 1.55. The molecule has 0 bridgehead atoms. The molecule has 2 aromatic carbocycles. The lowest BCUT2D eigenvalue weighted by Crippen LogP contribution is -2.19. The fourth-order valence-electron chi connectivity index (χ4n) is 4.32. The second kappa shape index (κ2) is 11.4. The van der Waals surface area contributed by atoms with Crippen molar-refractivity contribution in [1.29, 1.82) is 0 Å². The zero-order valence-electron chi connectivity index (χ0n) is 23.0. The van der Waals surface area contributed by atoms with Gasteiger partial charge in [-0.15, -0.1) is 22.7 Å². The van der Waals surface area contributed by atoms with Gasteiger partial charge < -0.3 is 14.2 Å². The van der Waals surface area contributed by atoms with Crippen molar-refractivity contribution in [2.75, 3.05) is 21.3 Å². The number of benzene rings is 2. The zero-order valence-corrected chi connectivity index (χ0v) is 24.7. The van der Waals surface area contributed by atoms with Gasteiger partial charge >= 0.3 is 0 Å². The van der Waals surface area contributed by atoms with Gasteiger partial charge in [-0.1, -0.05) is 18.2 Å². The molecule has 0 radical (unpaired) electrons. The number of thiophene rings is 1. The maximum Gasteiger partial charge on any atom is 0.297 e. The summed E-state index contributed by atoms with van der Waals surface area (Å²) in [6.45, 7) is 3.93. The first kappa shape index (κ1) is 27.2. The molecule has 3 heterocycles. The van der Waals surface area contributed by atoms with Crippen LogP contribution in [0.2, 0.25) is 0 Å². The highest BCUT2D eigenvalue weighted by molar-refractivity contribution is 7.11. The normalized spacial score (nSPS) is 11.9. The Bertz CT molecular complexity index is 1800. The molecule has 5 rings (SSSR count). The van der Waals surface area contributed by atoms with Crippen molar-refractivity contribution < 1.29 is 14.2 Å². The summed E-state index contributed by atoms with van der Waals surface area (Å²) in [6, 6.07) is 15.3. The van der Waals surface area contributed by atoms with Crippen LogP contribution in [-0.4, -0.2) is 41.6 Å². The number of ether oxygens (including phenoxy) is 3. The molecule has 0 saturated heterocycles. The quantitative estimate of drug-likeness (QED) is 0.228. The molecule has 0 aliphatic carbocycles. The highest BCUT2D eigenvalue weighted by atomic mass is 32.1. The van der Waals surface area contributed by atoms with Gasteiger partial charge in [0.25, 0.3) is 5.56 Å². The third kappa shape index (κ3) is 4.89.